The third kappa shape index (κ3) is 4.55. The maximum atomic E-state index is 2.71. The third-order valence-electron chi connectivity index (χ3n) is 3.62. The largest absolute Gasteiger partial charge is 0.296 e. The third-order valence-corrected chi connectivity index (χ3v) is 3.62. The molecule has 0 bridgehead atoms. The fourth-order valence-electron chi connectivity index (χ4n) is 2.54. The van der Waals surface area contributed by atoms with Crippen LogP contribution >= 0.6 is 0 Å². The molecule has 0 aliphatic heterocycles. The Hall–Kier alpha value is -0.0400. The molecule has 0 aromatic rings. The summed E-state index contributed by atoms with van der Waals surface area (Å²) in [7, 11) is 0. The molecule has 0 radical (unpaired) electrons. The first-order valence-electron chi connectivity index (χ1n) is 6.78. The van der Waals surface area contributed by atoms with E-state index >= 15 is 0 Å². The molecule has 0 aromatic heterocycles. The van der Waals surface area contributed by atoms with E-state index in [9.17, 15) is 0 Å². The van der Waals surface area contributed by atoms with Crippen LogP contribution in [0.15, 0.2) is 0 Å². The second-order valence-corrected chi connectivity index (χ2v) is 5.24. The summed E-state index contributed by atoms with van der Waals surface area (Å²) in [5.74, 6) is 0. The average molecular weight is 213 g/mol. The van der Waals surface area contributed by atoms with Crippen molar-refractivity contribution in [2.24, 2.45) is 0 Å². The fourth-order valence-corrected chi connectivity index (χ4v) is 2.54. The number of rotatable bonds is 8. The molecule has 0 aliphatic carbocycles. The Morgan fingerprint density at radius 1 is 1.07 bits per heavy atom. The highest BCUT2D eigenvalue weighted by atomic mass is 15.2. The molecule has 15 heavy (non-hydrogen) atoms. The van der Waals surface area contributed by atoms with E-state index in [-0.39, 0.29) is 0 Å². The standard InChI is InChI=1S/C14H31N/c1-7-10-12-15(13(4)5)14(6,9-3)11-8-2/h13H,7-12H2,1-6H3. The smallest absolute Gasteiger partial charge is 0.0181 e. The van der Waals surface area contributed by atoms with E-state index in [1.54, 1.807) is 0 Å². The predicted octanol–water partition coefficient (Wildman–Crippen LogP) is 4.47. The van der Waals surface area contributed by atoms with Crippen molar-refractivity contribution in [3.05, 3.63) is 0 Å². The SMILES string of the molecule is CCCCN(C(C)C)C(C)(CC)CCC. The quantitative estimate of drug-likeness (QED) is 0.575. The number of nitrogens with zero attached hydrogens (tertiary/aromatic N) is 1. The summed E-state index contributed by atoms with van der Waals surface area (Å²) in [6, 6.07) is 0.674. The van der Waals surface area contributed by atoms with Crippen molar-refractivity contribution in [1.82, 2.24) is 4.90 Å². The van der Waals surface area contributed by atoms with Crippen LogP contribution in [0, 0.1) is 0 Å². The monoisotopic (exact) mass is 213 g/mol. The molecule has 92 valence electrons. The van der Waals surface area contributed by atoms with Gasteiger partial charge in [0.1, 0.15) is 0 Å². The van der Waals surface area contributed by atoms with Crippen molar-refractivity contribution >= 4 is 0 Å². The van der Waals surface area contributed by atoms with Crippen molar-refractivity contribution in [1.29, 1.82) is 0 Å². The minimum absolute atomic E-state index is 0.415. The summed E-state index contributed by atoms with van der Waals surface area (Å²) in [6.07, 6.45) is 6.51. The molecule has 0 amide bonds. The molecular weight excluding hydrogens is 182 g/mol. The summed E-state index contributed by atoms with van der Waals surface area (Å²) < 4.78 is 0. The first-order chi connectivity index (χ1) is 7.01. The molecule has 1 nitrogen and oxygen atoms in total. The highest BCUT2D eigenvalue weighted by Crippen LogP contribution is 2.27. The lowest BCUT2D eigenvalue weighted by Crippen LogP contribution is -2.50. The van der Waals surface area contributed by atoms with Gasteiger partial charge in [0.05, 0.1) is 0 Å². The lowest BCUT2D eigenvalue weighted by Gasteiger charge is -2.44. The van der Waals surface area contributed by atoms with Crippen LogP contribution in [0.4, 0.5) is 0 Å². The van der Waals surface area contributed by atoms with E-state index in [1.807, 2.05) is 0 Å². The second kappa shape index (κ2) is 7.27. The predicted molar refractivity (Wildman–Crippen MR) is 70.4 cm³/mol. The molecule has 0 heterocycles. The van der Waals surface area contributed by atoms with Crippen molar-refractivity contribution < 1.29 is 0 Å². The lowest BCUT2D eigenvalue weighted by molar-refractivity contribution is 0.0562. The minimum Gasteiger partial charge on any atom is -0.296 e. The zero-order chi connectivity index (χ0) is 11.9. The second-order valence-electron chi connectivity index (χ2n) is 5.24. The Morgan fingerprint density at radius 2 is 1.67 bits per heavy atom. The Morgan fingerprint density at radius 3 is 2.00 bits per heavy atom. The molecule has 0 N–H and O–H groups in total. The maximum Gasteiger partial charge on any atom is 0.0181 e. The van der Waals surface area contributed by atoms with Crippen LogP contribution in [-0.4, -0.2) is 23.0 Å². The van der Waals surface area contributed by atoms with E-state index in [4.69, 9.17) is 0 Å². The summed E-state index contributed by atoms with van der Waals surface area (Å²) in [4.78, 5) is 2.71. The Balaban J connectivity index is 4.53. The maximum absolute atomic E-state index is 2.71. The fraction of sp³-hybridized carbons (Fsp3) is 1.00. The summed E-state index contributed by atoms with van der Waals surface area (Å²) >= 11 is 0. The normalized spacial score (nSPS) is 16.0. The van der Waals surface area contributed by atoms with Gasteiger partial charge < -0.3 is 0 Å². The zero-order valence-corrected chi connectivity index (χ0v) is 11.8. The van der Waals surface area contributed by atoms with E-state index in [2.05, 4.69) is 46.4 Å². The van der Waals surface area contributed by atoms with Gasteiger partial charge in [0.15, 0.2) is 0 Å². The van der Waals surface area contributed by atoms with Crippen molar-refractivity contribution in [3.63, 3.8) is 0 Å². The topological polar surface area (TPSA) is 3.24 Å². The van der Waals surface area contributed by atoms with Gasteiger partial charge in [0.25, 0.3) is 0 Å². The highest BCUT2D eigenvalue weighted by molar-refractivity contribution is 4.86. The molecular formula is C14H31N. The molecule has 0 saturated heterocycles. The van der Waals surface area contributed by atoms with Crippen molar-refractivity contribution in [2.75, 3.05) is 6.54 Å². The van der Waals surface area contributed by atoms with Gasteiger partial charge in [-0.2, -0.15) is 0 Å². The Kier molecular flexibility index (Phi) is 7.25. The first kappa shape index (κ1) is 15.0. The van der Waals surface area contributed by atoms with Crippen LogP contribution < -0.4 is 0 Å². The molecule has 0 spiro atoms. The zero-order valence-electron chi connectivity index (χ0n) is 11.8. The van der Waals surface area contributed by atoms with E-state index in [0.717, 1.165) is 0 Å². The van der Waals surface area contributed by atoms with Gasteiger partial charge in [-0.05, 0) is 46.6 Å². The molecule has 0 saturated carbocycles. The molecule has 0 fully saturated rings. The minimum atomic E-state index is 0.415. The van der Waals surface area contributed by atoms with Gasteiger partial charge in [0.2, 0.25) is 0 Å². The summed E-state index contributed by atoms with van der Waals surface area (Å²) in [5, 5.41) is 0. The molecule has 1 heteroatoms. The molecule has 1 unspecified atom stereocenters. The lowest BCUT2D eigenvalue weighted by atomic mass is 9.89. The van der Waals surface area contributed by atoms with Crippen LogP contribution in [0.5, 0.6) is 0 Å². The highest BCUT2D eigenvalue weighted by Gasteiger charge is 2.30. The summed E-state index contributed by atoms with van der Waals surface area (Å²) in [6.45, 7) is 15.3. The van der Waals surface area contributed by atoms with Crippen molar-refractivity contribution in [2.45, 2.75) is 85.2 Å². The molecule has 0 rings (SSSR count). The number of unbranched alkanes of at least 4 members (excludes halogenated alkanes) is 1. The number of hydrogen-bond acceptors (Lipinski definition) is 1. The molecule has 1 atom stereocenters. The van der Waals surface area contributed by atoms with Crippen LogP contribution in [-0.2, 0) is 0 Å². The van der Waals surface area contributed by atoms with E-state index in [0.29, 0.717) is 11.6 Å². The number of hydrogen-bond donors (Lipinski definition) is 0. The van der Waals surface area contributed by atoms with Gasteiger partial charge in [-0.25, -0.2) is 0 Å². The van der Waals surface area contributed by atoms with E-state index in [1.165, 1.54) is 38.6 Å². The van der Waals surface area contributed by atoms with Crippen LogP contribution in [0.2, 0.25) is 0 Å². The van der Waals surface area contributed by atoms with Gasteiger partial charge >= 0.3 is 0 Å². The van der Waals surface area contributed by atoms with Gasteiger partial charge in [-0.15, -0.1) is 0 Å². The van der Waals surface area contributed by atoms with Gasteiger partial charge in [-0.3, -0.25) is 4.90 Å². The Labute approximate surface area is 97.2 Å². The van der Waals surface area contributed by atoms with E-state index < -0.39 is 0 Å². The van der Waals surface area contributed by atoms with Gasteiger partial charge in [0, 0.05) is 11.6 Å². The molecule has 0 aromatic carbocycles. The molecule has 0 aliphatic rings. The Bertz CT molecular complexity index is 153. The van der Waals surface area contributed by atoms with Crippen molar-refractivity contribution in [3.8, 4) is 0 Å². The van der Waals surface area contributed by atoms with Crippen LogP contribution in [0.25, 0.3) is 0 Å². The average Bonchev–Trinajstić information content (AvgIpc) is 2.18. The van der Waals surface area contributed by atoms with Gasteiger partial charge in [-0.1, -0.05) is 33.6 Å². The van der Waals surface area contributed by atoms with Crippen LogP contribution in [0.3, 0.4) is 0 Å². The van der Waals surface area contributed by atoms with Crippen LogP contribution in [0.1, 0.15) is 73.6 Å². The first-order valence-corrected chi connectivity index (χ1v) is 6.78. The summed E-state index contributed by atoms with van der Waals surface area (Å²) in [5.41, 5.74) is 0.415.